The van der Waals surface area contributed by atoms with Crippen molar-refractivity contribution in [2.75, 3.05) is 12.4 Å². The van der Waals surface area contributed by atoms with E-state index >= 15 is 0 Å². The van der Waals surface area contributed by atoms with Gasteiger partial charge in [0, 0.05) is 19.3 Å². The first kappa shape index (κ1) is 15.1. The molecule has 0 bridgehead atoms. The Morgan fingerprint density at radius 3 is 2.83 bits per heavy atom. The number of hydrogen-bond acceptors (Lipinski definition) is 6. The van der Waals surface area contributed by atoms with Crippen LogP contribution in [0.25, 0.3) is 20.4 Å². The first-order valence-electron chi connectivity index (χ1n) is 8.14. The fraction of sp³-hybridized carbons (Fsp3) is 0.412. The van der Waals surface area contributed by atoms with Gasteiger partial charge in [0.15, 0.2) is 0 Å². The van der Waals surface area contributed by atoms with Gasteiger partial charge in [0.1, 0.15) is 21.1 Å². The third-order valence-corrected chi connectivity index (χ3v) is 5.85. The highest BCUT2D eigenvalue weighted by Gasteiger charge is 2.21. The van der Waals surface area contributed by atoms with E-state index in [9.17, 15) is 10.1 Å². The van der Waals surface area contributed by atoms with Crippen LogP contribution in [0.15, 0.2) is 17.3 Å². The third kappa shape index (κ3) is 2.18. The molecule has 3 heterocycles. The van der Waals surface area contributed by atoms with Gasteiger partial charge in [-0.15, -0.1) is 11.3 Å². The number of aromatic nitrogens is 3. The van der Waals surface area contributed by atoms with Gasteiger partial charge >= 0.3 is 0 Å². The van der Waals surface area contributed by atoms with E-state index in [1.165, 1.54) is 30.6 Å². The summed E-state index contributed by atoms with van der Waals surface area (Å²) in [6, 6.07) is 2.39. The normalized spacial score (nSPS) is 15.7. The molecule has 0 amide bonds. The van der Waals surface area contributed by atoms with Gasteiger partial charge in [0.05, 0.1) is 23.0 Å². The summed E-state index contributed by atoms with van der Waals surface area (Å²) in [5.74, 6) is 0. The van der Waals surface area contributed by atoms with Crippen molar-refractivity contribution in [2.24, 2.45) is 0 Å². The number of nitrogens with one attached hydrogen (secondary N) is 1. The maximum absolute atomic E-state index is 13.0. The average molecular weight is 339 g/mol. The van der Waals surface area contributed by atoms with Crippen molar-refractivity contribution in [1.82, 2.24) is 14.5 Å². The molecule has 4 rings (SSSR count). The summed E-state index contributed by atoms with van der Waals surface area (Å²) >= 11 is 1.36. The number of nitrogens with zero attached hydrogens (tertiary/aromatic N) is 4. The predicted octanol–water partition coefficient (Wildman–Crippen LogP) is 3.42. The zero-order valence-corrected chi connectivity index (χ0v) is 14.2. The molecule has 0 aliphatic heterocycles. The first-order valence-corrected chi connectivity index (χ1v) is 8.96. The molecule has 7 heteroatoms. The Morgan fingerprint density at radius 2 is 2.12 bits per heavy atom. The number of pyridine rings is 1. The molecule has 1 fully saturated rings. The maximum atomic E-state index is 13.0. The van der Waals surface area contributed by atoms with E-state index in [-0.39, 0.29) is 11.6 Å². The summed E-state index contributed by atoms with van der Waals surface area (Å²) in [6.45, 7) is 0. The maximum Gasteiger partial charge on any atom is 0.271 e. The van der Waals surface area contributed by atoms with Gasteiger partial charge in [-0.25, -0.2) is 9.97 Å². The van der Waals surface area contributed by atoms with Crippen molar-refractivity contribution in [2.45, 2.75) is 38.1 Å². The van der Waals surface area contributed by atoms with Gasteiger partial charge in [-0.05, 0) is 12.8 Å². The van der Waals surface area contributed by atoms with Gasteiger partial charge in [-0.2, -0.15) is 5.26 Å². The Kier molecular flexibility index (Phi) is 3.69. The van der Waals surface area contributed by atoms with Crippen LogP contribution >= 0.6 is 11.3 Å². The van der Waals surface area contributed by atoms with Crippen LogP contribution in [0.5, 0.6) is 0 Å². The standard InChI is InChI=1S/C17H17N5OS/c1-19-13-10(7-18)8-20-16-12(13)14-15(24-16)17(23)22(9-21-14)11-5-3-2-4-6-11/h8-9,11H,2-6H2,1H3,(H,19,20). The van der Waals surface area contributed by atoms with Crippen LogP contribution in [0, 0.1) is 11.3 Å². The Balaban J connectivity index is 1.99. The topological polar surface area (TPSA) is 83.6 Å². The summed E-state index contributed by atoms with van der Waals surface area (Å²) in [6.07, 6.45) is 8.87. The molecule has 0 spiro atoms. The molecule has 24 heavy (non-hydrogen) atoms. The fourth-order valence-corrected chi connectivity index (χ4v) is 4.61. The van der Waals surface area contributed by atoms with E-state index in [2.05, 4.69) is 21.4 Å². The second-order valence-corrected chi connectivity index (χ2v) is 7.12. The first-order chi connectivity index (χ1) is 11.7. The molecule has 0 radical (unpaired) electrons. The number of thiophene rings is 1. The summed E-state index contributed by atoms with van der Waals surface area (Å²) in [5.41, 5.74) is 1.80. The van der Waals surface area contributed by atoms with Crippen molar-refractivity contribution in [1.29, 1.82) is 5.26 Å². The molecule has 1 aliphatic rings. The number of fused-ring (bicyclic) bond motifs is 3. The second-order valence-electron chi connectivity index (χ2n) is 6.12. The van der Waals surface area contributed by atoms with E-state index in [4.69, 9.17) is 0 Å². The van der Waals surface area contributed by atoms with Crippen molar-refractivity contribution in [3.8, 4) is 6.07 Å². The van der Waals surface area contributed by atoms with Crippen molar-refractivity contribution in [3.63, 3.8) is 0 Å². The molecule has 0 aromatic carbocycles. The van der Waals surface area contributed by atoms with Crippen molar-refractivity contribution < 1.29 is 0 Å². The minimum absolute atomic E-state index is 0.00969. The van der Waals surface area contributed by atoms with Crippen LogP contribution in [-0.2, 0) is 0 Å². The van der Waals surface area contributed by atoms with Gasteiger partial charge in [0.25, 0.3) is 5.56 Å². The minimum Gasteiger partial charge on any atom is -0.386 e. The fourth-order valence-electron chi connectivity index (χ4n) is 3.57. The number of anilines is 1. The van der Waals surface area contributed by atoms with E-state index in [0.717, 1.165) is 23.1 Å². The average Bonchev–Trinajstić information content (AvgIpc) is 3.01. The molecule has 0 unspecified atom stereocenters. The minimum atomic E-state index is 0.00969. The van der Waals surface area contributed by atoms with Crippen molar-refractivity contribution in [3.05, 3.63) is 28.4 Å². The Bertz CT molecular complexity index is 1020. The molecule has 1 N–H and O–H groups in total. The number of rotatable bonds is 2. The SMILES string of the molecule is CNc1c(C#N)cnc2sc3c(=O)n(C4CCCCC4)cnc3c12. The van der Waals surface area contributed by atoms with Gasteiger partial charge in [-0.3, -0.25) is 9.36 Å². The zero-order valence-electron chi connectivity index (χ0n) is 13.4. The largest absolute Gasteiger partial charge is 0.386 e. The lowest BCUT2D eigenvalue weighted by Gasteiger charge is -2.23. The molecule has 6 nitrogen and oxygen atoms in total. The lowest BCUT2D eigenvalue weighted by Crippen LogP contribution is -2.26. The van der Waals surface area contributed by atoms with Gasteiger partial charge in [0.2, 0.25) is 0 Å². The van der Waals surface area contributed by atoms with Crippen LogP contribution in [0.2, 0.25) is 0 Å². The Labute approximate surface area is 142 Å². The summed E-state index contributed by atoms with van der Waals surface area (Å²) in [4.78, 5) is 22.6. The predicted molar refractivity (Wildman–Crippen MR) is 95.6 cm³/mol. The summed E-state index contributed by atoms with van der Waals surface area (Å²) in [5, 5.41) is 13.1. The zero-order chi connectivity index (χ0) is 16.7. The van der Waals surface area contributed by atoms with Crippen molar-refractivity contribution >= 4 is 37.5 Å². The molecule has 1 aliphatic carbocycles. The molecular weight excluding hydrogens is 322 g/mol. The Morgan fingerprint density at radius 1 is 1.33 bits per heavy atom. The van der Waals surface area contributed by atoms with Crippen LogP contribution in [0.1, 0.15) is 43.7 Å². The van der Waals surface area contributed by atoms with E-state index < -0.39 is 0 Å². The van der Waals surface area contributed by atoms with Crippen LogP contribution in [0.4, 0.5) is 5.69 Å². The highest BCUT2D eigenvalue weighted by molar-refractivity contribution is 7.25. The molecule has 0 saturated heterocycles. The third-order valence-electron chi connectivity index (χ3n) is 4.77. The molecule has 3 aromatic rings. The van der Waals surface area contributed by atoms with Crippen LogP contribution in [0.3, 0.4) is 0 Å². The molecule has 0 atom stereocenters. The van der Waals surface area contributed by atoms with Gasteiger partial charge in [-0.1, -0.05) is 19.3 Å². The summed E-state index contributed by atoms with van der Waals surface area (Å²) < 4.78 is 2.42. The highest BCUT2D eigenvalue weighted by Crippen LogP contribution is 2.36. The lowest BCUT2D eigenvalue weighted by atomic mass is 9.95. The van der Waals surface area contributed by atoms with Gasteiger partial charge < -0.3 is 5.32 Å². The molecular formula is C17H17N5OS. The smallest absolute Gasteiger partial charge is 0.271 e. The quantitative estimate of drug-likeness (QED) is 0.773. The highest BCUT2D eigenvalue weighted by atomic mass is 32.1. The Hall–Kier alpha value is -2.46. The molecule has 122 valence electrons. The number of nitriles is 1. The molecule has 1 saturated carbocycles. The van der Waals surface area contributed by atoms with Crippen LogP contribution < -0.4 is 10.9 Å². The second kappa shape index (κ2) is 5.87. The monoisotopic (exact) mass is 339 g/mol. The lowest BCUT2D eigenvalue weighted by molar-refractivity contribution is 0.345. The van der Waals surface area contributed by atoms with Crippen LogP contribution in [-0.4, -0.2) is 21.6 Å². The van der Waals surface area contributed by atoms with E-state index in [1.807, 2.05) is 0 Å². The summed E-state index contributed by atoms with van der Waals surface area (Å²) in [7, 11) is 1.77. The van der Waals surface area contributed by atoms with E-state index in [1.54, 1.807) is 24.1 Å². The molecule has 3 aromatic heterocycles. The van der Waals surface area contributed by atoms with E-state index in [0.29, 0.717) is 21.5 Å². The number of hydrogen-bond donors (Lipinski definition) is 1.